The van der Waals surface area contributed by atoms with Gasteiger partial charge in [-0.2, -0.15) is 4.98 Å². The van der Waals surface area contributed by atoms with Gasteiger partial charge >= 0.3 is 0 Å². The van der Waals surface area contributed by atoms with Crippen LogP contribution in [0.3, 0.4) is 0 Å². The number of nitrogens with one attached hydrogen (secondary N) is 1. The van der Waals surface area contributed by atoms with Crippen molar-refractivity contribution in [3.05, 3.63) is 48.4 Å². The third kappa shape index (κ3) is 2.59. The van der Waals surface area contributed by atoms with Gasteiger partial charge in [-0.3, -0.25) is 0 Å². The van der Waals surface area contributed by atoms with Crippen LogP contribution >= 0.6 is 12.4 Å². The first kappa shape index (κ1) is 15.0. The number of aliphatic hydroxyl groups is 1. The lowest BCUT2D eigenvalue weighted by atomic mass is 10.0. The summed E-state index contributed by atoms with van der Waals surface area (Å²) in [5.41, 5.74) is 0.960. The normalized spacial score (nSPS) is 21.0. The minimum atomic E-state index is -0.345. The summed E-state index contributed by atoms with van der Waals surface area (Å²) in [5, 5.41) is 19.1. The molecule has 114 valence electrons. The lowest BCUT2D eigenvalue weighted by molar-refractivity contribution is 0.191. The van der Waals surface area contributed by atoms with E-state index in [0.717, 1.165) is 16.3 Å². The largest absolute Gasteiger partial charge is 0.392 e. The summed E-state index contributed by atoms with van der Waals surface area (Å²) in [6.07, 6.45) is 0.264. The Kier molecular flexibility index (Phi) is 4.11. The van der Waals surface area contributed by atoms with Crippen LogP contribution in [0.5, 0.6) is 0 Å². The number of halogens is 1. The number of hydrogen-bond acceptors (Lipinski definition) is 5. The molecule has 0 unspecified atom stereocenters. The van der Waals surface area contributed by atoms with Gasteiger partial charge < -0.3 is 14.9 Å². The number of rotatable bonds is 2. The van der Waals surface area contributed by atoms with Crippen molar-refractivity contribution in [3.63, 3.8) is 0 Å². The molecule has 0 spiro atoms. The molecule has 0 aliphatic carbocycles. The number of β-amino-alcohol motifs (C(OH)–C–C–N with tert-alkyl or cyclic N) is 1. The zero-order valence-corrected chi connectivity index (χ0v) is 12.6. The van der Waals surface area contributed by atoms with Crippen LogP contribution in [0.15, 0.2) is 47.0 Å². The molecule has 1 aliphatic rings. The van der Waals surface area contributed by atoms with E-state index < -0.39 is 0 Å². The van der Waals surface area contributed by atoms with E-state index in [1.807, 2.05) is 24.3 Å². The Morgan fingerprint density at radius 3 is 2.77 bits per heavy atom. The van der Waals surface area contributed by atoms with E-state index in [2.05, 4.69) is 33.7 Å². The Morgan fingerprint density at radius 2 is 1.95 bits per heavy atom. The minimum absolute atomic E-state index is 0. The molecule has 0 radical (unpaired) electrons. The average Bonchev–Trinajstić information content (AvgIpc) is 3.15. The summed E-state index contributed by atoms with van der Waals surface area (Å²) in [7, 11) is 0. The highest BCUT2D eigenvalue weighted by atomic mass is 35.5. The van der Waals surface area contributed by atoms with Crippen molar-refractivity contribution in [2.45, 2.75) is 18.6 Å². The van der Waals surface area contributed by atoms with Gasteiger partial charge in [0, 0.05) is 12.1 Å². The second kappa shape index (κ2) is 6.04. The molecule has 2 aromatic carbocycles. The monoisotopic (exact) mass is 317 g/mol. The molecule has 2 N–H and O–H groups in total. The highest BCUT2D eigenvalue weighted by molar-refractivity contribution is 5.94. The van der Waals surface area contributed by atoms with Crippen LogP contribution in [0.25, 0.3) is 22.2 Å². The molecular weight excluding hydrogens is 302 g/mol. The molecule has 3 aromatic rings. The number of nitrogens with zero attached hydrogens (tertiary/aromatic N) is 2. The van der Waals surface area contributed by atoms with Gasteiger partial charge in [0.05, 0.1) is 12.1 Å². The van der Waals surface area contributed by atoms with Crippen LogP contribution in [0.1, 0.15) is 18.4 Å². The SMILES string of the molecule is Cl.O[C@H]1CN[C@@H](c2nc(-c3cccc4ccccc34)no2)C1. The maximum Gasteiger partial charge on any atom is 0.244 e. The van der Waals surface area contributed by atoms with Gasteiger partial charge in [0.25, 0.3) is 0 Å². The third-order valence-electron chi connectivity index (χ3n) is 3.88. The molecule has 2 heterocycles. The van der Waals surface area contributed by atoms with Gasteiger partial charge in [-0.25, -0.2) is 0 Å². The van der Waals surface area contributed by atoms with Gasteiger partial charge in [0.15, 0.2) is 0 Å². The van der Waals surface area contributed by atoms with Gasteiger partial charge in [0.2, 0.25) is 11.7 Å². The molecule has 5 nitrogen and oxygen atoms in total. The molecule has 22 heavy (non-hydrogen) atoms. The lowest BCUT2D eigenvalue weighted by Gasteiger charge is -2.03. The zero-order chi connectivity index (χ0) is 14.2. The van der Waals surface area contributed by atoms with E-state index in [0.29, 0.717) is 24.7 Å². The highest BCUT2D eigenvalue weighted by Gasteiger charge is 2.28. The highest BCUT2D eigenvalue weighted by Crippen LogP contribution is 2.29. The Bertz CT molecular complexity index is 784. The molecule has 1 saturated heterocycles. The smallest absolute Gasteiger partial charge is 0.244 e. The van der Waals surface area contributed by atoms with Crippen LogP contribution in [0.2, 0.25) is 0 Å². The molecular formula is C16H16ClN3O2. The maximum absolute atomic E-state index is 9.57. The molecule has 1 aliphatic heterocycles. The fourth-order valence-corrected chi connectivity index (χ4v) is 2.81. The Morgan fingerprint density at radius 1 is 1.14 bits per heavy atom. The van der Waals surface area contributed by atoms with Crippen LogP contribution in [-0.2, 0) is 0 Å². The van der Waals surface area contributed by atoms with E-state index in [1.54, 1.807) is 0 Å². The predicted octanol–water partition coefficient (Wildman–Crippen LogP) is 2.71. The Balaban J connectivity index is 0.00000144. The molecule has 0 bridgehead atoms. The number of aliphatic hydroxyl groups excluding tert-OH is 1. The minimum Gasteiger partial charge on any atom is -0.392 e. The van der Waals surface area contributed by atoms with E-state index in [-0.39, 0.29) is 24.6 Å². The molecule has 0 amide bonds. The van der Waals surface area contributed by atoms with Crippen molar-refractivity contribution in [3.8, 4) is 11.4 Å². The standard InChI is InChI=1S/C16H15N3O2.ClH/c20-11-8-14(17-9-11)16-18-15(19-21-16)13-7-3-5-10-4-1-2-6-12(10)13;/h1-7,11,14,17,20H,8-9H2;1H/t11-,14-;/m1./s1. The zero-order valence-electron chi connectivity index (χ0n) is 11.8. The molecule has 2 atom stereocenters. The van der Waals surface area contributed by atoms with E-state index in [1.165, 1.54) is 0 Å². The number of aromatic nitrogens is 2. The lowest BCUT2D eigenvalue weighted by Crippen LogP contribution is -2.15. The molecule has 4 rings (SSSR count). The number of benzene rings is 2. The van der Waals surface area contributed by atoms with Crippen LogP contribution in [-0.4, -0.2) is 27.9 Å². The van der Waals surface area contributed by atoms with Crippen molar-refractivity contribution in [1.29, 1.82) is 0 Å². The average molecular weight is 318 g/mol. The summed E-state index contributed by atoms with van der Waals surface area (Å²) < 4.78 is 5.37. The van der Waals surface area contributed by atoms with Gasteiger partial charge in [0.1, 0.15) is 0 Å². The van der Waals surface area contributed by atoms with Gasteiger partial charge in [-0.15, -0.1) is 12.4 Å². The summed E-state index contributed by atoms with van der Waals surface area (Å²) in [6, 6.07) is 14.1. The topological polar surface area (TPSA) is 71.2 Å². The first-order chi connectivity index (χ1) is 10.3. The maximum atomic E-state index is 9.57. The second-order valence-electron chi connectivity index (χ2n) is 5.33. The molecule has 6 heteroatoms. The van der Waals surface area contributed by atoms with Crippen molar-refractivity contribution in [2.75, 3.05) is 6.54 Å². The first-order valence-corrected chi connectivity index (χ1v) is 7.04. The summed E-state index contributed by atoms with van der Waals surface area (Å²) in [5.74, 6) is 1.12. The van der Waals surface area contributed by atoms with Crippen molar-refractivity contribution in [1.82, 2.24) is 15.5 Å². The predicted molar refractivity (Wildman–Crippen MR) is 85.9 cm³/mol. The third-order valence-corrected chi connectivity index (χ3v) is 3.88. The molecule has 1 fully saturated rings. The van der Waals surface area contributed by atoms with Gasteiger partial charge in [-0.05, 0) is 17.2 Å². The first-order valence-electron chi connectivity index (χ1n) is 7.04. The van der Waals surface area contributed by atoms with Crippen molar-refractivity contribution < 1.29 is 9.63 Å². The van der Waals surface area contributed by atoms with Crippen molar-refractivity contribution >= 4 is 23.2 Å². The molecule has 1 aromatic heterocycles. The number of hydrogen-bond donors (Lipinski definition) is 2. The van der Waals surface area contributed by atoms with Crippen LogP contribution in [0, 0.1) is 0 Å². The van der Waals surface area contributed by atoms with E-state index in [9.17, 15) is 5.11 Å². The number of fused-ring (bicyclic) bond motifs is 1. The second-order valence-corrected chi connectivity index (χ2v) is 5.33. The van der Waals surface area contributed by atoms with Crippen molar-refractivity contribution in [2.24, 2.45) is 0 Å². The van der Waals surface area contributed by atoms with Gasteiger partial charge in [-0.1, -0.05) is 47.6 Å². The van der Waals surface area contributed by atoms with Crippen LogP contribution < -0.4 is 5.32 Å². The van der Waals surface area contributed by atoms with E-state index >= 15 is 0 Å². The fraction of sp³-hybridized carbons (Fsp3) is 0.250. The van der Waals surface area contributed by atoms with E-state index in [4.69, 9.17) is 4.52 Å². The summed E-state index contributed by atoms with van der Waals surface area (Å²) >= 11 is 0. The summed E-state index contributed by atoms with van der Waals surface area (Å²) in [4.78, 5) is 4.50. The summed E-state index contributed by atoms with van der Waals surface area (Å²) in [6.45, 7) is 0.566. The molecule has 0 saturated carbocycles. The van der Waals surface area contributed by atoms with Crippen LogP contribution in [0.4, 0.5) is 0 Å². The Hall–Kier alpha value is -1.95. The quantitative estimate of drug-likeness (QED) is 0.760. The Labute approximate surface area is 133 Å². The fourth-order valence-electron chi connectivity index (χ4n) is 2.81.